The minimum Gasteiger partial charge on any atom is -0.489 e. The molecule has 2 aromatic rings. The molecule has 2 rings (SSSR count). The normalized spacial score (nSPS) is 11.5. The fourth-order valence-electron chi connectivity index (χ4n) is 1.93. The van der Waals surface area contributed by atoms with Gasteiger partial charge < -0.3 is 19.9 Å². The van der Waals surface area contributed by atoms with Crippen LogP contribution in [0.1, 0.15) is 12.7 Å². The van der Waals surface area contributed by atoms with Crippen molar-refractivity contribution in [3.63, 3.8) is 0 Å². The van der Waals surface area contributed by atoms with E-state index in [9.17, 15) is 0 Å². The number of hydrogen-bond acceptors (Lipinski definition) is 4. The average molecular weight is 406 g/mol. The number of guanidine groups is 1. The molecule has 0 bridgehead atoms. The van der Waals surface area contributed by atoms with Gasteiger partial charge in [-0.1, -0.05) is 34.8 Å². The highest BCUT2D eigenvalue weighted by Gasteiger charge is 2.09. The fourth-order valence-corrected chi connectivity index (χ4v) is 2.86. The molecular formula is C15H19Cl3N6O. The molecule has 0 aliphatic heterocycles. The summed E-state index contributed by atoms with van der Waals surface area (Å²) in [6, 6.07) is 3.17. The van der Waals surface area contributed by atoms with Crippen LogP contribution in [-0.2, 0) is 13.6 Å². The molecule has 0 amide bonds. The minimum atomic E-state index is 0.357. The monoisotopic (exact) mass is 404 g/mol. The number of nitrogens with zero attached hydrogens (tertiary/aromatic N) is 4. The lowest BCUT2D eigenvalue weighted by Gasteiger charge is -2.13. The first kappa shape index (κ1) is 19.6. The topological polar surface area (TPSA) is 76.4 Å². The lowest BCUT2D eigenvalue weighted by molar-refractivity contribution is 0.322. The van der Waals surface area contributed by atoms with Crippen molar-refractivity contribution in [3.8, 4) is 5.75 Å². The average Bonchev–Trinajstić information content (AvgIpc) is 2.96. The van der Waals surface area contributed by atoms with Crippen LogP contribution >= 0.6 is 34.8 Å². The maximum absolute atomic E-state index is 6.08. The Kier molecular flexibility index (Phi) is 7.61. The second kappa shape index (κ2) is 9.70. The third kappa shape index (κ3) is 5.95. The lowest BCUT2D eigenvalue weighted by Crippen LogP contribution is -2.39. The van der Waals surface area contributed by atoms with Gasteiger partial charge in [0.2, 0.25) is 0 Å². The van der Waals surface area contributed by atoms with Crippen LogP contribution < -0.4 is 15.4 Å². The molecule has 0 saturated carbocycles. The number of nitrogens with one attached hydrogen (secondary N) is 2. The van der Waals surface area contributed by atoms with E-state index < -0.39 is 0 Å². The van der Waals surface area contributed by atoms with E-state index in [0.717, 1.165) is 12.4 Å². The predicted octanol–water partition coefficient (Wildman–Crippen LogP) is 2.91. The van der Waals surface area contributed by atoms with Crippen LogP contribution in [0, 0.1) is 0 Å². The van der Waals surface area contributed by atoms with E-state index in [0.29, 0.717) is 46.5 Å². The predicted molar refractivity (Wildman–Crippen MR) is 101 cm³/mol. The molecule has 1 aromatic heterocycles. The number of ether oxygens (including phenoxy) is 1. The van der Waals surface area contributed by atoms with Crippen molar-refractivity contribution in [2.75, 3.05) is 19.7 Å². The molecule has 0 saturated heterocycles. The van der Waals surface area contributed by atoms with Gasteiger partial charge in [0.05, 0.1) is 16.6 Å². The zero-order chi connectivity index (χ0) is 18.2. The van der Waals surface area contributed by atoms with Gasteiger partial charge in [0.25, 0.3) is 0 Å². The zero-order valence-corrected chi connectivity index (χ0v) is 16.2. The lowest BCUT2D eigenvalue weighted by atomic mass is 10.3. The van der Waals surface area contributed by atoms with Gasteiger partial charge in [-0.2, -0.15) is 0 Å². The maximum atomic E-state index is 6.08. The summed E-state index contributed by atoms with van der Waals surface area (Å²) < 4.78 is 7.45. The summed E-state index contributed by atoms with van der Waals surface area (Å²) in [4.78, 5) is 4.45. The van der Waals surface area contributed by atoms with Crippen molar-refractivity contribution >= 4 is 40.8 Å². The molecule has 0 unspecified atom stereocenters. The van der Waals surface area contributed by atoms with Crippen molar-refractivity contribution in [2.45, 2.75) is 13.5 Å². The zero-order valence-electron chi connectivity index (χ0n) is 13.9. The largest absolute Gasteiger partial charge is 0.489 e. The van der Waals surface area contributed by atoms with E-state index in [1.54, 1.807) is 18.5 Å². The molecule has 0 spiro atoms. The van der Waals surface area contributed by atoms with Crippen molar-refractivity contribution in [3.05, 3.63) is 39.4 Å². The summed E-state index contributed by atoms with van der Waals surface area (Å²) in [7, 11) is 1.87. The molecule has 0 aliphatic rings. The summed E-state index contributed by atoms with van der Waals surface area (Å²) in [6.45, 7) is 4.01. The van der Waals surface area contributed by atoms with Crippen LogP contribution in [0.4, 0.5) is 0 Å². The van der Waals surface area contributed by atoms with Crippen LogP contribution in [0.2, 0.25) is 15.1 Å². The molecule has 10 heteroatoms. The SMILES string of the molecule is CCNC(=NCc1nncn1C)NCCOc1c(Cl)cc(Cl)cc1Cl. The molecule has 1 heterocycles. The molecule has 1 aromatic carbocycles. The van der Waals surface area contributed by atoms with Crippen LogP contribution in [0.25, 0.3) is 0 Å². The first-order valence-electron chi connectivity index (χ1n) is 7.63. The van der Waals surface area contributed by atoms with Crippen molar-refractivity contribution in [1.29, 1.82) is 0 Å². The van der Waals surface area contributed by atoms with Gasteiger partial charge in [-0.25, -0.2) is 4.99 Å². The highest BCUT2D eigenvalue weighted by Crippen LogP contribution is 2.35. The van der Waals surface area contributed by atoms with Crippen molar-refractivity contribution < 1.29 is 4.74 Å². The Morgan fingerprint density at radius 2 is 1.96 bits per heavy atom. The third-order valence-corrected chi connectivity index (χ3v) is 3.91. The van der Waals surface area contributed by atoms with Gasteiger partial charge >= 0.3 is 0 Å². The Balaban J connectivity index is 1.86. The standard InChI is InChI=1S/C15H19Cl3N6O/c1-3-19-15(21-8-13-23-22-9-24(13)2)20-4-5-25-14-11(17)6-10(16)7-12(14)18/h6-7,9H,3-5,8H2,1-2H3,(H2,19,20,21). The third-order valence-electron chi connectivity index (χ3n) is 3.13. The Hall–Kier alpha value is -1.70. The van der Waals surface area contributed by atoms with E-state index in [2.05, 4.69) is 25.8 Å². The molecule has 0 fully saturated rings. The van der Waals surface area contributed by atoms with E-state index in [-0.39, 0.29) is 0 Å². The molecule has 0 aliphatic carbocycles. The number of aromatic nitrogens is 3. The van der Waals surface area contributed by atoms with Crippen LogP contribution in [0.5, 0.6) is 5.75 Å². The summed E-state index contributed by atoms with van der Waals surface area (Å²) in [5.74, 6) is 1.84. The fraction of sp³-hybridized carbons (Fsp3) is 0.400. The minimum absolute atomic E-state index is 0.357. The van der Waals surface area contributed by atoms with Crippen molar-refractivity contribution in [1.82, 2.24) is 25.4 Å². The summed E-state index contributed by atoms with van der Waals surface area (Å²) >= 11 is 18.0. The van der Waals surface area contributed by atoms with Gasteiger partial charge in [0.1, 0.15) is 19.5 Å². The Bertz CT molecular complexity index is 711. The number of hydrogen-bond donors (Lipinski definition) is 2. The summed E-state index contributed by atoms with van der Waals surface area (Å²) in [5.41, 5.74) is 0. The van der Waals surface area contributed by atoms with Gasteiger partial charge in [-0.15, -0.1) is 10.2 Å². The number of aryl methyl sites for hydroxylation is 1. The van der Waals surface area contributed by atoms with Gasteiger partial charge in [0.15, 0.2) is 17.5 Å². The number of benzene rings is 1. The number of rotatable bonds is 7. The molecular weight excluding hydrogens is 387 g/mol. The van der Waals surface area contributed by atoms with Crippen LogP contribution in [0.15, 0.2) is 23.5 Å². The highest BCUT2D eigenvalue weighted by atomic mass is 35.5. The number of aliphatic imine (C=N–C) groups is 1. The Morgan fingerprint density at radius 1 is 1.24 bits per heavy atom. The van der Waals surface area contributed by atoms with E-state index in [4.69, 9.17) is 39.5 Å². The Morgan fingerprint density at radius 3 is 2.56 bits per heavy atom. The summed E-state index contributed by atoms with van der Waals surface area (Å²) in [5, 5.41) is 15.4. The van der Waals surface area contributed by atoms with Gasteiger partial charge in [-0.3, -0.25) is 0 Å². The number of halogens is 3. The first-order chi connectivity index (χ1) is 12.0. The molecule has 7 nitrogen and oxygen atoms in total. The molecule has 136 valence electrons. The molecule has 0 atom stereocenters. The quantitative estimate of drug-likeness (QED) is 0.421. The maximum Gasteiger partial charge on any atom is 0.191 e. The highest BCUT2D eigenvalue weighted by molar-refractivity contribution is 6.40. The van der Waals surface area contributed by atoms with Crippen LogP contribution in [0.3, 0.4) is 0 Å². The van der Waals surface area contributed by atoms with E-state index in [1.807, 2.05) is 18.5 Å². The van der Waals surface area contributed by atoms with Crippen LogP contribution in [-0.4, -0.2) is 40.4 Å². The second-order valence-electron chi connectivity index (χ2n) is 5.03. The van der Waals surface area contributed by atoms with Crippen molar-refractivity contribution in [2.24, 2.45) is 12.0 Å². The molecule has 2 N–H and O–H groups in total. The van der Waals surface area contributed by atoms with Gasteiger partial charge in [-0.05, 0) is 19.1 Å². The molecule has 0 radical (unpaired) electrons. The van der Waals surface area contributed by atoms with E-state index in [1.165, 1.54) is 0 Å². The molecule has 25 heavy (non-hydrogen) atoms. The van der Waals surface area contributed by atoms with Gasteiger partial charge in [0, 0.05) is 18.6 Å². The smallest absolute Gasteiger partial charge is 0.191 e. The first-order valence-corrected chi connectivity index (χ1v) is 8.77. The summed E-state index contributed by atoms with van der Waals surface area (Å²) in [6.07, 6.45) is 1.64. The Labute approximate surface area is 161 Å². The van der Waals surface area contributed by atoms with E-state index >= 15 is 0 Å². The second-order valence-corrected chi connectivity index (χ2v) is 6.28.